The zero-order valence-corrected chi connectivity index (χ0v) is 11.1. The molecule has 0 saturated carbocycles. The summed E-state index contributed by atoms with van der Waals surface area (Å²) in [5.41, 5.74) is 0. The molecule has 3 aliphatic rings. The van der Waals surface area contributed by atoms with Crippen LogP contribution in [0.5, 0.6) is 0 Å². The third-order valence-electron chi connectivity index (χ3n) is 4.27. The van der Waals surface area contributed by atoms with E-state index in [0.717, 1.165) is 52.4 Å². The predicted molar refractivity (Wildman–Crippen MR) is 69.7 cm³/mol. The van der Waals surface area contributed by atoms with Crippen LogP contribution in [-0.2, 0) is 4.74 Å². The van der Waals surface area contributed by atoms with Crippen LogP contribution in [0.1, 0.15) is 12.8 Å². The van der Waals surface area contributed by atoms with Crippen molar-refractivity contribution in [2.45, 2.75) is 31.2 Å². The maximum Gasteiger partial charge on any atom is 0.0793 e. The lowest BCUT2D eigenvalue weighted by atomic mass is 10.2. The maximum atomic E-state index is 10.2. The lowest BCUT2D eigenvalue weighted by Gasteiger charge is -2.35. The van der Waals surface area contributed by atoms with Crippen molar-refractivity contribution in [1.29, 1.82) is 0 Å². The largest absolute Gasteiger partial charge is 0.390 e. The number of fused-ring (bicyclic) bond motifs is 2. The van der Waals surface area contributed by atoms with Crippen LogP contribution < -0.4 is 5.32 Å². The van der Waals surface area contributed by atoms with Crippen LogP contribution in [0.3, 0.4) is 0 Å². The molecule has 2 bridgehead atoms. The highest BCUT2D eigenvalue weighted by molar-refractivity contribution is 4.86. The number of morpholine rings is 1. The van der Waals surface area contributed by atoms with E-state index in [4.69, 9.17) is 4.74 Å². The molecule has 3 atom stereocenters. The third-order valence-corrected chi connectivity index (χ3v) is 4.27. The van der Waals surface area contributed by atoms with E-state index >= 15 is 0 Å². The van der Waals surface area contributed by atoms with Crippen molar-refractivity contribution in [3.05, 3.63) is 0 Å². The highest BCUT2D eigenvalue weighted by atomic mass is 16.5. The summed E-state index contributed by atoms with van der Waals surface area (Å²) < 4.78 is 5.82. The molecule has 18 heavy (non-hydrogen) atoms. The monoisotopic (exact) mass is 255 g/mol. The molecular formula is C13H25N3O2. The van der Waals surface area contributed by atoms with Gasteiger partial charge in [-0.25, -0.2) is 0 Å². The van der Waals surface area contributed by atoms with Crippen molar-refractivity contribution in [2.24, 2.45) is 0 Å². The van der Waals surface area contributed by atoms with E-state index in [1.807, 2.05) is 0 Å². The number of aliphatic hydroxyl groups is 1. The van der Waals surface area contributed by atoms with Crippen molar-refractivity contribution in [3.8, 4) is 0 Å². The first-order valence-electron chi connectivity index (χ1n) is 7.28. The molecule has 5 heteroatoms. The van der Waals surface area contributed by atoms with E-state index in [2.05, 4.69) is 15.1 Å². The summed E-state index contributed by atoms with van der Waals surface area (Å²) in [6.45, 7) is 7.86. The van der Waals surface area contributed by atoms with Crippen LogP contribution in [0, 0.1) is 0 Å². The Morgan fingerprint density at radius 3 is 2.33 bits per heavy atom. The molecule has 2 N–H and O–H groups in total. The average molecular weight is 255 g/mol. The first-order chi connectivity index (χ1) is 8.79. The summed E-state index contributed by atoms with van der Waals surface area (Å²) in [5, 5.41) is 13.5. The number of β-amino-alcohol motifs (C(OH)–C–C–N with tert-alkyl or cyclic N) is 1. The molecule has 0 aliphatic carbocycles. The van der Waals surface area contributed by atoms with Crippen LogP contribution >= 0.6 is 0 Å². The number of aliphatic hydroxyl groups excluding tert-OH is 1. The normalized spacial score (nSPS) is 35.8. The molecule has 5 nitrogen and oxygen atoms in total. The third kappa shape index (κ3) is 3.22. The zero-order chi connectivity index (χ0) is 12.4. The van der Waals surface area contributed by atoms with Gasteiger partial charge in [0, 0.05) is 52.4 Å². The molecule has 0 radical (unpaired) electrons. The van der Waals surface area contributed by atoms with Crippen molar-refractivity contribution in [3.63, 3.8) is 0 Å². The smallest absolute Gasteiger partial charge is 0.0793 e. The molecule has 0 aromatic rings. The van der Waals surface area contributed by atoms with Gasteiger partial charge in [0.15, 0.2) is 0 Å². The Bertz CT molecular complexity index is 259. The minimum Gasteiger partial charge on any atom is -0.390 e. The van der Waals surface area contributed by atoms with Gasteiger partial charge in [-0.05, 0) is 12.8 Å². The van der Waals surface area contributed by atoms with E-state index < -0.39 is 0 Å². The molecule has 3 saturated heterocycles. The Morgan fingerprint density at radius 1 is 1.06 bits per heavy atom. The molecule has 3 aliphatic heterocycles. The molecule has 3 heterocycles. The van der Waals surface area contributed by atoms with Crippen LogP contribution in [0.15, 0.2) is 0 Å². The van der Waals surface area contributed by atoms with Crippen molar-refractivity contribution < 1.29 is 9.84 Å². The fourth-order valence-electron chi connectivity index (χ4n) is 3.40. The molecule has 104 valence electrons. The standard InChI is InChI=1S/C13H25N3O2/c17-11(7-15-5-3-14-4-6-15)8-16-9-12-1-2-13(10-16)18-12/h11-14,17H,1-10H2. The van der Waals surface area contributed by atoms with Crippen LogP contribution in [0.25, 0.3) is 0 Å². The highest BCUT2D eigenvalue weighted by Gasteiger charge is 2.34. The topological polar surface area (TPSA) is 48.0 Å². The van der Waals surface area contributed by atoms with Crippen LogP contribution in [-0.4, -0.2) is 85.6 Å². The second-order valence-electron chi connectivity index (χ2n) is 5.88. The first kappa shape index (κ1) is 12.8. The molecule has 0 aromatic carbocycles. The molecule has 0 aromatic heterocycles. The summed E-state index contributed by atoms with van der Waals surface area (Å²) in [4.78, 5) is 4.74. The summed E-state index contributed by atoms with van der Waals surface area (Å²) in [5.74, 6) is 0. The fourth-order valence-corrected chi connectivity index (χ4v) is 3.40. The van der Waals surface area contributed by atoms with E-state index in [9.17, 15) is 5.11 Å². The van der Waals surface area contributed by atoms with Gasteiger partial charge in [-0.2, -0.15) is 0 Å². The van der Waals surface area contributed by atoms with Gasteiger partial charge in [0.2, 0.25) is 0 Å². The Balaban J connectivity index is 1.41. The number of hydrogen-bond donors (Lipinski definition) is 2. The van der Waals surface area contributed by atoms with Gasteiger partial charge < -0.3 is 15.2 Å². The number of rotatable bonds is 4. The summed E-state index contributed by atoms with van der Waals surface area (Å²) >= 11 is 0. The Morgan fingerprint density at radius 2 is 1.67 bits per heavy atom. The maximum absolute atomic E-state index is 10.2. The van der Waals surface area contributed by atoms with Gasteiger partial charge in [-0.15, -0.1) is 0 Å². The van der Waals surface area contributed by atoms with Crippen LogP contribution in [0.4, 0.5) is 0 Å². The SMILES string of the molecule is OC(CN1CCNCC1)CN1CC2CCC(C1)O2. The number of ether oxygens (including phenoxy) is 1. The van der Waals surface area contributed by atoms with Gasteiger partial charge in [0.25, 0.3) is 0 Å². The van der Waals surface area contributed by atoms with Gasteiger partial charge >= 0.3 is 0 Å². The molecule has 0 spiro atoms. The van der Waals surface area contributed by atoms with E-state index in [0.29, 0.717) is 12.2 Å². The minimum absolute atomic E-state index is 0.222. The number of nitrogens with one attached hydrogen (secondary N) is 1. The average Bonchev–Trinajstić information content (AvgIpc) is 2.70. The lowest BCUT2D eigenvalue weighted by molar-refractivity contribution is -0.0520. The zero-order valence-electron chi connectivity index (χ0n) is 11.1. The number of piperazine rings is 1. The summed E-state index contributed by atoms with van der Waals surface area (Å²) in [7, 11) is 0. The summed E-state index contributed by atoms with van der Waals surface area (Å²) in [6.07, 6.45) is 3.04. The molecular weight excluding hydrogens is 230 g/mol. The number of likely N-dealkylation sites (tertiary alicyclic amines) is 1. The van der Waals surface area contributed by atoms with E-state index in [1.165, 1.54) is 12.8 Å². The van der Waals surface area contributed by atoms with E-state index in [1.54, 1.807) is 0 Å². The van der Waals surface area contributed by atoms with Crippen LogP contribution in [0.2, 0.25) is 0 Å². The van der Waals surface area contributed by atoms with Gasteiger partial charge in [-0.3, -0.25) is 9.80 Å². The first-order valence-corrected chi connectivity index (χ1v) is 7.28. The predicted octanol–water partition coefficient (Wildman–Crippen LogP) is -0.884. The fraction of sp³-hybridized carbons (Fsp3) is 1.00. The number of nitrogens with zero attached hydrogens (tertiary/aromatic N) is 2. The molecule has 3 unspecified atom stereocenters. The van der Waals surface area contributed by atoms with Gasteiger partial charge in [-0.1, -0.05) is 0 Å². The second-order valence-corrected chi connectivity index (χ2v) is 5.88. The molecule has 3 fully saturated rings. The molecule has 3 rings (SSSR count). The van der Waals surface area contributed by atoms with Crippen molar-refractivity contribution in [1.82, 2.24) is 15.1 Å². The van der Waals surface area contributed by atoms with E-state index in [-0.39, 0.29) is 6.10 Å². The van der Waals surface area contributed by atoms with Gasteiger partial charge in [0.1, 0.15) is 0 Å². The second kappa shape index (κ2) is 5.84. The Kier molecular flexibility index (Phi) is 4.16. The highest BCUT2D eigenvalue weighted by Crippen LogP contribution is 2.26. The Hall–Kier alpha value is -0.200. The Labute approximate surface area is 109 Å². The minimum atomic E-state index is -0.222. The molecule has 0 amide bonds. The van der Waals surface area contributed by atoms with Gasteiger partial charge in [0.05, 0.1) is 18.3 Å². The summed E-state index contributed by atoms with van der Waals surface area (Å²) in [6, 6.07) is 0. The van der Waals surface area contributed by atoms with Crippen molar-refractivity contribution >= 4 is 0 Å². The van der Waals surface area contributed by atoms with Crippen molar-refractivity contribution in [2.75, 3.05) is 52.4 Å². The number of hydrogen-bond acceptors (Lipinski definition) is 5. The lowest BCUT2D eigenvalue weighted by Crippen LogP contribution is -2.50. The quantitative estimate of drug-likeness (QED) is 0.683.